The molecule has 3 N–H and O–H groups in total. The average molecular weight is 416 g/mol. The molecule has 2 heterocycles. The van der Waals surface area contributed by atoms with Gasteiger partial charge in [-0.25, -0.2) is 0 Å². The number of allylic oxidation sites excluding steroid dienone is 1. The van der Waals surface area contributed by atoms with Gasteiger partial charge in [0.1, 0.15) is 18.2 Å². The second-order valence-corrected chi connectivity index (χ2v) is 7.08. The Labute approximate surface area is 181 Å². The zero-order valence-corrected chi connectivity index (χ0v) is 17.5. The highest BCUT2D eigenvalue weighted by molar-refractivity contribution is 5.61. The van der Waals surface area contributed by atoms with Crippen molar-refractivity contribution in [3.05, 3.63) is 82.4 Å². The van der Waals surface area contributed by atoms with Crippen LogP contribution in [0, 0.1) is 11.3 Å². The lowest BCUT2D eigenvalue weighted by Gasteiger charge is -2.26. The molecule has 0 amide bonds. The van der Waals surface area contributed by atoms with Crippen molar-refractivity contribution < 1.29 is 14.2 Å². The minimum Gasteiger partial charge on any atom is -0.490 e. The minimum absolute atomic E-state index is 0.0463. The van der Waals surface area contributed by atoms with Gasteiger partial charge in [-0.15, -0.1) is 5.10 Å². The van der Waals surface area contributed by atoms with Crippen LogP contribution in [0.25, 0.3) is 0 Å². The van der Waals surface area contributed by atoms with E-state index >= 15 is 0 Å². The number of H-pyrrole nitrogens is 1. The lowest BCUT2D eigenvalue weighted by Crippen LogP contribution is -2.22. The lowest BCUT2D eigenvalue weighted by atomic mass is 9.83. The molecule has 7 nitrogen and oxygen atoms in total. The third-order valence-corrected chi connectivity index (χ3v) is 5.22. The summed E-state index contributed by atoms with van der Waals surface area (Å²) in [6, 6.07) is 17.8. The monoisotopic (exact) mass is 416 g/mol. The number of rotatable bonds is 7. The molecule has 1 aromatic heterocycles. The average Bonchev–Trinajstić information content (AvgIpc) is 3.20. The maximum atomic E-state index is 9.92. The first-order valence-corrected chi connectivity index (χ1v) is 10.2. The summed E-state index contributed by atoms with van der Waals surface area (Å²) in [5, 5.41) is 17.2. The number of benzene rings is 2. The van der Waals surface area contributed by atoms with E-state index in [1.165, 1.54) is 0 Å². The summed E-state index contributed by atoms with van der Waals surface area (Å²) in [6.07, 6.45) is 0.701. The van der Waals surface area contributed by atoms with Crippen molar-refractivity contribution in [3.8, 4) is 23.4 Å². The fourth-order valence-electron chi connectivity index (χ4n) is 3.80. The molecule has 0 radical (unpaired) electrons. The summed E-state index contributed by atoms with van der Waals surface area (Å²) >= 11 is 0. The van der Waals surface area contributed by atoms with Crippen molar-refractivity contribution in [2.75, 3.05) is 6.61 Å². The molecule has 7 heteroatoms. The second-order valence-electron chi connectivity index (χ2n) is 7.08. The molecular formula is C24H24N4O3. The number of hydrogen-bond donors (Lipinski definition) is 2. The molecule has 0 saturated heterocycles. The maximum Gasteiger partial charge on any atom is 0.244 e. The van der Waals surface area contributed by atoms with Crippen molar-refractivity contribution in [3.63, 3.8) is 0 Å². The summed E-state index contributed by atoms with van der Waals surface area (Å²) in [5.41, 5.74) is 9.92. The Morgan fingerprint density at radius 3 is 2.65 bits per heavy atom. The summed E-state index contributed by atoms with van der Waals surface area (Å²) in [5.74, 6) is 1.14. The highest BCUT2D eigenvalue weighted by Gasteiger charge is 2.37. The first-order chi connectivity index (χ1) is 15.2. The van der Waals surface area contributed by atoms with E-state index in [-0.39, 0.29) is 5.88 Å². The van der Waals surface area contributed by atoms with Crippen molar-refractivity contribution in [2.45, 2.75) is 32.8 Å². The van der Waals surface area contributed by atoms with Gasteiger partial charge in [-0.2, -0.15) is 5.26 Å². The van der Waals surface area contributed by atoms with Gasteiger partial charge in [-0.3, -0.25) is 5.10 Å². The number of aromatic nitrogens is 2. The van der Waals surface area contributed by atoms with Crippen LogP contribution in [0.3, 0.4) is 0 Å². The fraction of sp³-hybridized carbons (Fsp3) is 0.250. The van der Waals surface area contributed by atoms with Crippen LogP contribution in [-0.2, 0) is 13.0 Å². The van der Waals surface area contributed by atoms with Crippen LogP contribution in [0.1, 0.15) is 42.1 Å². The van der Waals surface area contributed by atoms with Crippen molar-refractivity contribution in [1.82, 2.24) is 10.2 Å². The summed E-state index contributed by atoms with van der Waals surface area (Å²) in [4.78, 5) is 0. The number of aromatic amines is 1. The van der Waals surface area contributed by atoms with Gasteiger partial charge in [0.2, 0.25) is 11.8 Å². The number of nitrogens with zero attached hydrogens (tertiary/aromatic N) is 2. The van der Waals surface area contributed by atoms with E-state index in [0.717, 1.165) is 22.4 Å². The van der Waals surface area contributed by atoms with E-state index in [1.807, 2.05) is 62.4 Å². The van der Waals surface area contributed by atoms with Gasteiger partial charge >= 0.3 is 0 Å². The van der Waals surface area contributed by atoms with Crippen LogP contribution in [0.2, 0.25) is 0 Å². The third kappa shape index (κ3) is 3.80. The topological polar surface area (TPSA) is 106 Å². The molecule has 0 saturated carbocycles. The molecule has 4 rings (SSSR count). The van der Waals surface area contributed by atoms with Crippen LogP contribution in [-0.4, -0.2) is 16.8 Å². The molecule has 1 atom stereocenters. The quantitative estimate of drug-likeness (QED) is 0.599. The fourth-order valence-corrected chi connectivity index (χ4v) is 3.80. The molecule has 1 aliphatic heterocycles. The summed E-state index contributed by atoms with van der Waals surface area (Å²) < 4.78 is 17.8. The molecule has 1 aliphatic rings. The normalized spacial score (nSPS) is 15.1. The van der Waals surface area contributed by atoms with Gasteiger partial charge in [-0.1, -0.05) is 49.4 Å². The number of nitrogens with one attached hydrogen (secondary N) is 1. The molecule has 0 fully saturated rings. The Kier molecular flexibility index (Phi) is 5.80. The van der Waals surface area contributed by atoms with Gasteiger partial charge in [0.25, 0.3) is 0 Å². The number of hydrogen-bond acceptors (Lipinski definition) is 6. The highest BCUT2D eigenvalue weighted by atomic mass is 16.5. The van der Waals surface area contributed by atoms with Gasteiger partial charge in [0.05, 0.1) is 18.1 Å². The summed E-state index contributed by atoms with van der Waals surface area (Å²) in [6.45, 7) is 4.78. The second kappa shape index (κ2) is 8.84. The number of aryl methyl sites for hydroxylation is 1. The predicted octanol–water partition coefficient (Wildman–Crippen LogP) is 4.17. The van der Waals surface area contributed by atoms with Crippen LogP contribution < -0.4 is 19.9 Å². The Hall–Kier alpha value is -3.92. The number of ether oxygens (including phenoxy) is 3. The smallest absolute Gasteiger partial charge is 0.244 e. The SMILES string of the molecule is CCOc1cccc(C2C(C#N)=C(N)Oc3n[nH]c(CC)c32)c1OCc1ccccc1. The largest absolute Gasteiger partial charge is 0.490 e. The van der Waals surface area contributed by atoms with Crippen LogP contribution >= 0.6 is 0 Å². The maximum absolute atomic E-state index is 9.92. The van der Waals surface area contributed by atoms with Gasteiger partial charge in [0, 0.05) is 11.3 Å². The third-order valence-electron chi connectivity index (χ3n) is 5.22. The van der Waals surface area contributed by atoms with Gasteiger partial charge in [-0.05, 0) is 25.0 Å². The Morgan fingerprint density at radius 1 is 1.13 bits per heavy atom. The molecule has 0 bridgehead atoms. The van der Waals surface area contributed by atoms with Crippen molar-refractivity contribution in [1.29, 1.82) is 5.26 Å². The van der Waals surface area contributed by atoms with Crippen molar-refractivity contribution >= 4 is 0 Å². The number of nitriles is 1. The predicted molar refractivity (Wildman–Crippen MR) is 116 cm³/mol. The van der Waals surface area contributed by atoms with E-state index in [1.54, 1.807) is 0 Å². The van der Waals surface area contributed by atoms with E-state index in [2.05, 4.69) is 16.3 Å². The molecule has 1 unspecified atom stereocenters. The minimum atomic E-state index is -0.478. The van der Waals surface area contributed by atoms with E-state index in [9.17, 15) is 5.26 Å². The highest BCUT2D eigenvalue weighted by Crippen LogP contribution is 2.48. The Balaban J connectivity index is 1.86. The van der Waals surface area contributed by atoms with Gasteiger partial charge in [0.15, 0.2) is 11.5 Å². The zero-order valence-electron chi connectivity index (χ0n) is 17.5. The van der Waals surface area contributed by atoms with Crippen LogP contribution in [0.5, 0.6) is 17.4 Å². The number of para-hydroxylation sites is 1. The first kappa shape index (κ1) is 20.4. The molecular weight excluding hydrogens is 392 g/mol. The Morgan fingerprint density at radius 2 is 1.94 bits per heavy atom. The molecule has 158 valence electrons. The van der Waals surface area contributed by atoms with Gasteiger partial charge < -0.3 is 19.9 Å². The molecule has 0 spiro atoms. The van der Waals surface area contributed by atoms with E-state index < -0.39 is 5.92 Å². The molecule has 0 aliphatic carbocycles. The number of fused-ring (bicyclic) bond motifs is 1. The van der Waals surface area contributed by atoms with E-state index in [0.29, 0.717) is 42.6 Å². The van der Waals surface area contributed by atoms with E-state index in [4.69, 9.17) is 19.9 Å². The van der Waals surface area contributed by atoms with Crippen molar-refractivity contribution in [2.24, 2.45) is 5.73 Å². The van der Waals surface area contributed by atoms with Crippen LogP contribution in [0.4, 0.5) is 0 Å². The lowest BCUT2D eigenvalue weighted by molar-refractivity contribution is 0.266. The summed E-state index contributed by atoms with van der Waals surface area (Å²) in [7, 11) is 0. The van der Waals surface area contributed by atoms with Crippen LogP contribution in [0.15, 0.2) is 60.0 Å². The number of nitrogens with two attached hydrogens (primary N) is 1. The zero-order chi connectivity index (χ0) is 21.8. The molecule has 3 aromatic rings. The standard InChI is InChI=1S/C24H24N4O3/c1-3-18-21-20(17(13-25)23(26)31-24(21)28-27-18)16-11-8-12-19(29-4-2)22(16)30-14-15-9-6-5-7-10-15/h5-12,20H,3-4,14,26H2,1-2H3,(H,27,28). The Bertz CT molecular complexity index is 1150. The first-order valence-electron chi connectivity index (χ1n) is 10.2. The molecule has 2 aromatic carbocycles. The molecule has 31 heavy (non-hydrogen) atoms.